The molecule has 0 aromatic carbocycles. The molecule has 2 heterocycles. The predicted molar refractivity (Wildman–Crippen MR) is 87.7 cm³/mol. The van der Waals surface area contributed by atoms with Crippen LogP contribution in [0.15, 0.2) is 42.9 Å². The Kier molecular flexibility index (Phi) is 6.36. The Morgan fingerprint density at radius 1 is 1.18 bits per heavy atom. The number of hydrogen-bond donors (Lipinski definition) is 2. The summed E-state index contributed by atoms with van der Waals surface area (Å²) in [6.07, 6.45) is 8.70. The van der Waals surface area contributed by atoms with E-state index in [4.69, 9.17) is 0 Å². The van der Waals surface area contributed by atoms with Crippen LogP contribution in [-0.2, 0) is 6.54 Å². The van der Waals surface area contributed by atoms with E-state index in [2.05, 4.69) is 27.5 Å². The van der Waals surface area contributed by atoms with Crippen molar-refractivity contribution in [2.75, 3.05) is 11.9 Å². The minimum Gasteiger partial charge on any atom is -0.384 e. The molecule has 2 aromatic heterocycles. The normalized spacial score (nSPS) is 10.2. The van der Waals surface area contributed by atoms with Crippen molar-refractivity contribution in [1.82, 2.24) is 15.3 Å². The average molecular weight is 298 g/mol. The molecule has 2 N–H and O–H groups in total. The van der Waals surface area contributed by atoms with Crippen LogP contribution < -0.4 is 10.6 Å². The van der Waals surface area contributed by atoms with Crippen LogP contribution >= 0.6 is 0 Å². The summed E-state index contributed by atoms with van der Waals surface area (Å²) in [6.45, 7) is 3.56. The van der Waals surface area contributed by atoms with Crippen LogP contribution in [-0.4, -0.2) is 22.4 Å². The zero-order valence-electron chi connectivity index (χ0n) is 12.9. The van der Waals surface area contributed by atoms with Gasteiger partial charge in [-0.1, -0.05) is 25.8 Å². The van der Waals surface area contributed by atoms with E-state index < -0.39 is 0 Å². The maximum Gasteiger partial charge on any atom is 0.270 e. The van der Waals surface area contributed by atoms with Gasteiger partial charge in [-0.2, -0.15) is 0 Å². The molecule has 0 aliphatic carbocycles. The number of anilines is 1. The van der Waals surface area contributed by atoms with Gasteiger partial charge in [0.2, 0.25) is 0 Å². The minimum absolute atomic E-state index is 0.179. The number of aromatic nitrogens is 2. The molecule has 5 heteroatoms. The van der Waals surface area contributed by atoms with E-state index >= 15 is 0 Å². The van der Waals surface area contributed by atoms with Gasteiger partial charge in [0, 0.05) is 25.5 Å². The summed E-state index contributed by atoms with van der Waals surface area (Å²) >= 11 is 0. The molecular weight excluding hydrogens is 276 g/mol. The zero-order valence-corrected chi connectivity index (χ0v) is 12.9. The number of nitrogens with zero attached hydrogens (tertiary/aromatic N) is 2. The molecule has 0 atom stereocenters. The third kappa shape index (κ3) is 5.16. The van der Waals surface area contributed by atoms with Gasteiger partial charge in [-0.3, -0.25) is 9.78 Å². The molecule has 2 aromatic rings. The van der Waals surface area contributed by atoms with Gasteiger partial charge in [0.25, 0.3) is 5.91 Å². The maximum absolute atomic E-state index is 12.0. The highest BCUT2D eigenvalue weighted by Gasteiger charge is 2.06. The smallest absolute Gasteiger partial charge is 0.270 e. The Morgan fingerprint density at radius 3 is 2.77 bits per heavy atom. The second-order valence-electron chi connectivity index (χ2n) is 5.11. The summed E-state index contributed by atoms with van der Waals surface area (Å²) in [7, 11) is 0. The molecule has 0 aliphatic rings. The summed E-state index contributed by atoms with van der Waals surface area (Å²) in [4.78, 5) is 20.2. The van der Waals surface area contributed by atoms with Crippen LogP contribution in [0.2, 0.25) is 0 Å². The van der Waals surface area contributed by atoms with Gasteiger partial charge in [-0.15, -0.1) is 0 Å². The van der Waals surface area contributed by atoms with Crippen molar-refractivity contribution in [3.8, 4) is 0 Å². The summed E-state index contributed by atoms with van der Waals surface area (Å²) < 4.78 is 0. The number of hydrogen-bond acceptors (Lipinski definition) is 4. The lowest BCUT2D eigenvalue weighted by atomic mass is 10.2. The molecule has 0 aliphatic heterocycles. The number of pyridine rings is 2. The van der Waals surface area contributed by atoms with Crippen molar-refractivity contribution in [1.29, 1.82) is 0 Å². The molecule has 0 saturated carbocycles. The summed E-state index contributed by atoms with van der Waals surface area (Å²) in [6, 6.07) is 7.39. The van der Waals surface area contributed by atoms with Crippen LogP contribution in [0.3, 0.4) is 0 Å². The summed E-state index contributed by atoms with van der Waals surface area (Å²) in [5.74, 6) is -0.179. The Labute approximate surface area is 131 Å². The molecule has 0 fully saturated rings. The quantitative estimate of drug-likeness (QED) is 0.735. The van der Waals surface area contributed by atoms with Crippen LogP contribution in [0, 0.1) is 0 Å². The van der Waals surface area contributed by atoms with Gasteiger partial charge >= 0.3 is 0 Å². The maximum atomic E-state index is 12.0. The number of nitrogens with one attached hydrogen (secondary N) is 2. The highest BCUT2D eigenvalue weighted by atomic mass is 16.1. The fourth-order valence-corrected chi connectivity index (χ4v) is 2.02. The SMILES string of the molecule is CCCCCNc1ccc(C(=O)NCc2cccnc2)nc1. The van der Waals surface area contributed by atoms with Crippen molar-refractivity contribution < 1.29 is 4.79 Å². The standard InChI is InChI=1S/C17H22N4O/c1-2-3-4-10-19-15-7-8-16(20-13-15)17(22)21-12-14-6-5-9-18-11-14/h5-9,11,13,19H,2-4,10,12H2,1H3,(H,21,22). The van der Waals surface area contributed by atoms with Gasteiger partial charge < -0.3 is 10.6 Å². The summed E-state index contributed by atoms with van der Waals surface area (Å²) in [5, 5.41) is 6.13. The van der Waals surface area contributed by atoms with Gasteiger partial charge in [-0.05, 0) is 30.2 Å². The highest BCUT2D eigenvalue weighted by molar-refractivity contribution is 5.92. The minimum atomic E-state index is -0.179. The lowest BCUT2D eigenvalue weighted by Crippen LogP contribution is -2.23. The first-order valence-corrected chi connectivity index (χ1v) is 7.66. The van der Waals surface area contributed by atoms with E-state index in [0.717, 1.165) is 24.2 Å². The first-order chi connectivity index (χ1) is 10.8. The Balaban J connectivity index is 1.80. The summed E-state index contributed by atoms with van der Waals surface area (Å²) in [5.41, 5.74) is 2.33. The Bertz CT molecular complexity index is 569. The molecule has 0 radical (unpaired) electrons. The number of carbonyl (C=O) groups is 1. The van der Waals surface area contributed by atoms with Crippen LogP contribution in [0.1, 0.15) is 42.2 Å². The molecular formula is C17H22N4O. The molecule has 0 bridgehead atoms. The number of rotatable bonds is 8. The molecule has 0 saturated heterocycles. The first kappa shape index (κ1) is 15.9. The van der Waals surface area contributed by atoms with Crippen LogP contribution in [0.25, 0.3) is 0 Å². The van der Waals surface area contributed by atoms with Gasteiger partial charge in [-0.25, -0.2) is 4.98 Å². The fourth-order valence-electron chi connectivity index (χ4n) is 2.02. The zero-order chi connectivity index (χ0) is 15.6. The molecule has 22 heavy (non-hydrogen) atoms. The molecule has 0 unspecified atom stereocenters. The predicted octanol–water partition coefficient (Wildman–Crippen LogP) is 3.01. The lowest BCUT2D eigenvalue weighted by molar-refractivity contribution is 0.0946. The topological polar surface area (TPSA) is 66.9 Å². The largest absolute Gasteiger partial charge is 0.384 e. The second kappa shape index (κ2) is 8.77. The van der Waals surface area contributed by atoms with E-state index in [0.29, 0.717) is 12.2 Å². The number of amides is 1. The molecule has 1 amide bonds. The van der Waals surface area contributed by atoms with Crippen LogP contribution in [0.4, 0.5) is 5.69 Å². The molecule has 5 nitrogen and oxygen atoms in total. The molecule has 0 spiro atoms. The van der Waals surface area contributed by atoms with E-state index in [9.17, 15) is 4.79 Å². The van der Waals surface area contributed by atoms with Crippen LogP contribution in [0.5, 0.6) is 0 Å². The van der Waals surface area contributed by atoms with Crippen molar-refractivity contribution >= 4 is 11.6 Å². The monoisotopic (exact) mass is 298 g/mol. The van der Waals surface area contributed by atoms with Crippen molar-refractivity contribution in [2.24, 2.45) is 0 Å². The highest BCUT2D eigenvalue weighted by Crippen LogP contribution is 2.07. The molecule has 2 rings (SSSR count). The van der Waals surface area contributed by atoms with E-state index in [1.807, 2.05) is 18.2 Å². The number of carbonyl (C=O) groups excluding carboxylic acids is 1. The molecule has 116 valence electrons. The van der Waals surface area contributed by atoms with Crippen molar-refractivity contribution in [3.05, 3.63) is 54.1 Å². The van der Waals surface area contributed by atoms with E-state index in [1.165, 1.54) is 12.8 Å². The van der Waals surface area contributed by atoms with Crippen molar-refractivity contribution in [3.63, 3.8) is 0 Å². The Hall–Kier alpha value is -2.43. The second-order valence-corrected chi connectivity index (χ2v) is 5.11. The third-order valence-corrected chi connectivity index (χ3v) is 3.28. The van der Waals surface area contributed by atoms with E-state index in [-0.39, 0.29) is 5.91 Å². The third-order valence-electron chi connectivity index (χ3n) is 3.28. The van der Waals surface area contributed by atoms with Gasteiger partial charge in [0.05, 0.1) is 11.9 Å². The average Bonchev–Trinajstić information content (AvgIpc) is 2.58. The number of unbranched alkanes of at least 4 members (excludes halogenated alkanes) is 2. The van der Waals surface area contributed by atoms with Gasteiger partial charge in [0.15, 0.2) is 0 Å². The lowest BCUT2D eigenvalue weighted by Gasteiger charge is -2.07. The van der Waals surface area contributed by atoms with Crippen molar-refractivity contribution in [2.45, 2.75) is 32.7 Å². The van der Waals surface area contributed by atoms with Gasteiger partial charge in [0.1, 0.15) is 5.69 Å². The first-order valence-electron chi connectivity index (χ1n) is 7.66. The Morgan fingerprint density at radius 2 is 2.09 bits per heavy atom. The van der Waals surface area contributed by atoms with E-state index in [1.54, 1.807) is 24.7 Å². The fraction of sp³-hybridized carbons (Fsp3) is 0.353.